The number of hydrogen-bond donors (Lipinski definition) is 1. The van der Waals surface area contributed by atoms with Crippen LogP contribution in [-0.2, 0) is 4.74 Å². The first-order valence-electron chi connectivity index (χ1n) is 7.01. The zero-order valence-corrected chi connectivity index (χ0v) is 11.0. The largest absolute Gasteiger partial charge is 0.375 e. The zero-order valence-electron chi connectivity index (χ0n) is 11.0. The van der Waals surface area contributed by atoms with Crippen molar-refractivity contribution in [3.8, 4) is 0 Å². The van der Waals surface area contributed by atoms with Gasteiger partial charge in [0.25, 0.3) is 0 Å². The lowest BCUT2D eigenvalue weighted by atomic mass is 9.76. The lowest BCUT2D eigenvalue weighted by Gasteiger charge is -2.36. The molecule has 5 atom stereocenters. The lowest BCUT2D eigenvalue weighted by Crippen LogP contribution is -2.39. The molecule has 0 bridgehead atoms. The normalized spacial score (nSPS) is 44.8. The van der Waals surface area contributed by atoms with Crippen LogP contribution in [0.15, 0.2) is 0 Å². The minimum Gasteiger partial charge on any atom is -0.375 e. The second-order valence-corrected chi connectivity index (χ2v) is 5.96. The Kier molecular flexibility index (Phi) is 4.26. The average Bonchev–Trinajstić information content (AvgIpc) is 2.64. The van der Waals surface area contributed by atoms with E-state index in [4.69, 9.17) is 4.74 Å². The van der Waals surface area contributed by atoms with Crippen LogP contribution in [0.2, 0.25) is 0 Å². The summed E-state index contributed by atoms with van der Waals surface area (Å²) in [5.41, 5.74) is 0. The first-order chi connectivity index (χ1) is 7.69. The predicted molar refractivity (Wildman–Crippen MR) is 67.5 cm³/mol. The molecule has 1 aliphatic heterocycles. The van der Waals surface area contributed by atoms with E-state index in [2.05, 4.69) is 26.2 Å². The second-order valence-electron chi connectivity index (χ2n) is 5.96. The van der Waals surface area contributed by atoms with Gasteiger partial charge in [-0.2, -0.15) is 0 Å². The fourth-order valence-electron chi connectivity index (χ4n) is 3.54. The fourth-order valence-corrected chi connectivity index (χ4v) is 3.54. The van der Waals surface area contributed by atoms with Crippen LogP contribution in [-0.4, -0.2) is 25.3 Å². The van der Waals surface area contributed by atoms with Crippen LogP contribution in [0, 0.1) is 11.8 Å². The van der Waals surface area contributed by atoms with E-state index >= 15 is 0 Å². The highest BCUT2D eigenvalue weighted by atomic mass is 16.5. The molecular formula is C14H27NO. The van der Waals surface area contributed by atoms with Crippen molar-refractivity contribution in [1.29, 1.82) is 0 Å². The summed E-state index contributed by atoms with van der Waals surface area (Å²) in [6.07, 6.45) is 8.99. The lowest BCUT2D eigenvalue weighted by molar-refractivity contribution is 0.0295. The molecule has 0 amide bonds. The summed E-state index contributed by atoms with van der Waals surface area (Å²) in [6, 6.07) is 0.732. The highest BCUT2D eigenvalue weighted by Gasteiger charge is 2.32. The van der Waals surface area contributed by atoms with Gasteiger partial charge < -0.3 is 10.1 Å². The van der Waals surface area contributed by atoms with Crippen molar-refractivity contribution in [2.45, 2.75) is 70.6 Å². The Morgan fingerprint density at radius 3 is 2.56 bits per heavy atom. The van der Waals surface area contributed by atoms with E-state index in [0.29, 0.717) is 12.2 Å². The minimum absolute atomic E-state index is 0.499. The molecule has 0 aromatic heterocycles. The molecule has 0 spiro atoms. The minimum atomic E-state index is 0.499. The van der Waals surface area contributed by atoms with Gasteiger partial charge in [0, 0.05) is 6.04 Å². The first-order valence-corrected chi connectivity index (χ1v) is 7.01. The molecule has 0 aromatic rings. The number of ether oxygens (including phenoxy) is 1. The van der Waals surface area contributed by atoms with E-state index in [0.717, 1.165) is 17.9 Å². The van der Waals surface area contributed by atoms with Gasteiger partial charge in [-0.05, 0) is 64.3 Å². The van der Waals surface area contributed by atoms with Crippen molar-refractivity contribution in [1.82, 2.24) is 5.32 Å². The van der Waals surface area contributed by atoms with Crippen molar-refractivity contribution in [3.05, 3.63) is 0 Å². The molecule has 2 nitrogen and oxygen atoms in total. The van der Waals surface area contributed by atoms with Crippen LogP contribution < -0.4 is 5.32 Å². The van der Waals surface area contributed by atoms with E-state index in [1.165, 1.54) is 38.5 Å². The first kappa shape index (κ1) is 12.4. The summed E-state index contributed by atoms with van der Waals surface area (Å²) in [7, 11) is 2.12. The quantitative estimate of drug-likeness (QED) is 0.797. The fraction of sp³-hybridized carbons (Fsp3) is 1.00. The van der Waals surface area contributed by atoms with Crippen molar-refractivity contribution >= 4 is 0 Å². The summed E-state index contributed by atoms with van der Waals surface area (Å²) >= 11 is 0. The van der Waals surface area contributed by atoms with Crippen LogP contribution in [0.3, 0.4) is 0 Å². The van der Waals surface area contributed by atoms with Gasteiger partial charge in [-0.1, -0.05) is 6.92 Å². The Morgan fingerprint density at radius 1 is 1.12 bits per heavy atom. The van der Waals surface area contributed by atoms with Gasteiger partial charge in [0.15, 0.2) is 0 Å². The Balaban J connectivity index is 1.85. The molecular weight excluding hydrogens is 198 g/mol. The molecule has 2 rings (SSSR count). The second kappa shape index (κ2) is 5.50. The third-order valence-electron chi connectivity index (χ3n) is 4.50. The monoisotopic (exact) mass is 225 g/mol. The molecule has 94 valence electrons. The van der Waals surface area contributed by atoms with Gasteiger partial charge >= 0.3 is 0 Å². The summed E-state index contributed by atoms with van der Waals surface area (Å²) in [4.78, 5) is 0. The highest BCUT2D eigenvalue weighted by molar-refractivity contribution is 4.86. The summed E-state index contributed by atoms with van der Waals surface area (Å²) in [5, 5.41) is 3.50. The third-order valence-corrected chi connectivity index (χ3v) is 4.50. The summed E-state index contributed by atoms with van der Waals surface area (Å²) < 4.78 is 5.96. The Morgan fingerprint density at radius 2 is 1.94 bits per heavy atom. The molecule has 1 saturated carbocycles. The molecule has 5 unspecified atom stereocenters. The Hall–Kier alpha value is -0.0800. The van der Waals surface area contributed by atoms with Crippen LogP contribution in [0.25, 0.3) is 0 Å². The summed E-state index contributed by atoms with van der Waals surface area (Å²) in [6.45, 7) is 4.61. The molecule has 1 saturated heterocycles. The predicted octanol–water partition coefficient (Wildman–Crippen LogP) is 2.97. The topological polar surface area (TPSA) is 21.3 Å². The van der Waals surface area contributed by atoms with Crippen molar-refractivity contribution in [2.24, 2.45) is 11.8 Å². The molecule has 2 fully saturated rings. The van der Waals surface area contributed by atoms with E-state index < -0.39 is 0 Å². The maximum atomic E-state index is 5.96. The van der Waals surface area contributed by atoms with E-state index in [1.807, 2.05) is 0 Å². The number of nitrogens with one attached hydrogen (secondary N) is 1. The summed E-state index contributed by atoms with van der Waals surface area (Å²) in [5.74, 6) is 1.75. The van der Waals surface area contributed by atoms with Crippen LogP contribution in [0.4, 0.5) is 0 Å². The molecule has 1 aliphatic carbocycles. The molecule has 16 heavy (non-hydrogen) atoms. The number of hydrogen-bond acceptors (Lipinski definition) is 2. The molecule has 1 heterocycles. The van der Waals surface area contributed by atoms with Crippen LogP contribution >= 0.6 is 0 Å². The van der Waals surface area contributed by atoms with Gasteiger partial charge in [0.05, 0.1) is 12.2 Å². The maximum absolute atomic E-state index is 5.96. The molecule has 0 aromatic carbocycles. The smallest absolute Gasteiger partial charge is 0.0583 e. The van der Waals surface area contributed by atoms with Gasteiger partial charge in [-0.3, -0.25) is 0 Å². The van der Waals surface area contributed by atoms with Crippen molar-refractivity contribution in [2.75, 3.05) is 7.05 Å². The third kappa shape index (κ3) is 2.98. The molecule has 0 radical (unpaired) electrons. The molecule has 1 N–H and O–H groups in total. The molecule has 2 heteroatoms. The van der Waals surface area contributed by atoms with E-state index in [9.17, 15) is 0 Å². The van der Waals surface area contributed by atoms with E-state index in [1.54, 1.807) is 0 Å². The standard InChI is InChI=1S/C14H27NO/c1-10-4-7-14(15-3)12(8-10)9-13-6-5-11(2)16-13/h10-15H,4-9H2,1-3H3. The van der Waals surface area contributed by atoms with Gasteiger partial charge in [-0.15, -0.1) is 0 Å². The zero-order chi connectivity index (χ0) is 11.5. The highest BCUT2D eigenvalue weighted by Crippen LogP contribution is 2.35. The van der Waals surface area contributed by atoms with Gasteiger partial charge in [0.2, 0.25) is 0 Å². The van der Waals surface area contributed by atoms with Gasteiger partial charge in [0.1, 0.15) is 0 Å². The molecule has 2 aliphatic rings. The van der Waals surface area contributed by atoms with Crippen LogP contribution in [0.5, 0.6) is 0 Å². The number of rotatable bonds is 3. The Bertz CT molecular complexity index is 219. The average molecular weight is 225 g/mol. The maximum Gasteiger partial charge on any atom is 0.0583 e. The SMILES string of the molecule is CNC1CCC(C)CC1CC1CCC(C)O1. The van der Waals surface area contributed by atoms with E-state index in [-0.39, 0.29) is 0 Å². The van der Waals surface area contributed by atoms with Gasteiger partial charge in [-0.25, -0.2) is 0 Å². The van der Waals surface area contributed by atoms with Crippen LogP contribution in [0.1, 0.15) is 52.4 Å². The van der Waals surface area contributed by atoms with Crippen molar-refractivity contribution in [3.63, 3.8) is 0 Å². The van der Waals surface area contributed by atoms with Crippen molar-refractivity contribution < 1.29 is 4.74 Å². The Labute approximate surface area is 100 Å².